The first-order chi connectivity index (χ1) is 9.17. The van der Waals surface area contributed by atoms with Crippen LogP contribution >= 0.6 is 0 Å². The molecule has 0 saturated heterocycles. The first-order valence-corrected chi connectivity index (χ1v) is 6.47. The smallest absolute Gasteiger partial charge is 0.317 e. The number of carbonyl (C=O) groups is 1. The molecule has 0 aliphatic heterocycles. The van der Waals surface area contributed by atoms with E-state index < -0.39 is 0 Å². The lowest BCUT2D eigenvalue weighted by atomic mass is 10.1. The van der Waals surface area contributed by atoms with Gasteiger partial charge in [-0.25, -0.2) is 4.79 Å². The number of urea groups is 1. The van der Waals surface area contributed by atoms with E-state index in [1.807, 2.05) is 6.92 Å². The van der Waals surface area contributed by atoms with Gasteiger partial charge in [-0.1, -0.05) is 35.9 Å². The van der Waals surface area contributed by atoms with Crippen molar-refractivity contribution >= 4 is 6.03 Å². The number of carbonyl (C=O) groups excluding carboxylic acids is 1. The number of aliphatic hydroxyl groups excluding tert-OH is 1. The molecule has 0 fully saturated rings. The summed E-state index contributed by atoms with van der Waals surface area (Å²) < 4.78 is 0. The molecule has 0 spiro atoms. The highest BCUT2D eigenvalue weighted by molar-refractivity contribution is 5.74. The van der Waals surface area contributed by atoms with Crippen molar-refractivity contribution in [3.05, 3.63) is 48.0 Å². The topological polar surface area (TPSA) is 52.6 Å². The predicted octanol–water partition coefficient (Wildman–Crippen LogP) is 1.73. The van der Waals surface area contributed by atoms with E-state index in [0.717, 1.165) is 6.42 Å². The molecule has 19 heavy (non-hydrogen) atoms. The molecular weight excluding hydrogens is 240 g/mol. The average Bonchev–Trinajstić information content (AvgIpc) is 2.40. The van der Waals surface area contributed by atoms with Crippen molar-refractivity contribution < 1.29 is 9.90 Å². The van der Waals surface area contributed by atoms with Crippen LogP contribution in [0.25, 0.3) is 0 Å². The zero-order valence-corrected chi connectivity index (χ0v) is 11.4. The minimum Gasteiger partial charge on any atom is -0.395 e. The predicted molar refractivity (Wildman–Crippen MR) is 77.1 cm³/mol. The zero-order chi connectivity index (χ0) is 14.1. The molecule has 1 aromatic rings. The van der Waals surface area contributed by atoms with Gasteiger partial charge >= 0.3 is 6.03 Å². The van der Waals surface area contributed by atoms with E-state index in [2.05, 4.69) is 36.2 Å². The molecule has 104 valence electrons. The van der Waals surface area contributed by atoms with Crippen LogP contribution in [0.4, 0.5) is 4.79 Å². The first kappa shape index (κ1) is 15.2. The van der Waals surface area contributed by atoms with Crippen LogP contribution in [0.3, 0.4) is 0 Å². The van der Waals surface area contributed by atoms with Crippen LogP contribution in [0.2, 0.25) is 0 Å². The summed E-state index contributed by atoms with van der Waals surface area (Å²) in [4.78, 5) is 13.4. The molecule has 0 heterocycles. The van der Waals surface area contributed by atoms with Gasteiger partial charge < -0.3 is 15.3 Å². The van der Waals surface area contributed by atoms with Crippen LogP contribution in [-0.4, -0.2) is 42.3 Å². The molecule has 1 rings (SSSR count). The van der Waals surface area contributed by atoms with E-state index in [-0.39, 0.29) is 12.6 Å². The van der Waals surface area contributed by atoms with E-state index in [0.29, 0.717) is 19.6 Å². The average molecular weight is 262 g/mol. The maximum Gasteiger partial charge on any atom is 0.317 e. The highest BCUT2D eigenvalue weighted by Crippen LogP contribution is 2.03. The normalized spacial score (nSPS) is 10.0. The van der Waals surface area contributed by atoms with Gasteiger partial charge in [0.15, 0.2) is 0 Å². The van der Waals surface area contributed by atoms with Crippen molar-refractivity contribution in [1.82, 2.24) is 10.2 Å². The standard InChI is InChI=1S/C15H22N2O2/c1-3-10-17(11-12-18)15(19)16-9-8-14-6-4-13(2)5-7-14/h3-7,18H,1,8-12H2,2H3,(H,16,19). The summed E-state index contributed by atoms with van der Waals surface area (Å²) >= 11 is 0. The van der Waals surface area contributed by atoms with Gasteiger partial charge in [-0.2, -0.15) is 0 Å². The molecule has 0 aliphatic carbocycles. The number of nitrogens with one attached hydrogen (secondary N) is 1. The van der Waals surface area contributed by atoms with Crippen LogP contribution < -0.4 is 5.32 Å². The molecule has 0 atom stereocenters. The Morgan fingerprint density at radius 3 is 2.68 bits per heavy atom. The molecule has 0 saturated carbocycles. The van der Waals surface area contributed by atoms with Gasteiger partial charge in [0.2, 0.25) is 0 Å². The molecule has 0 radical (unpaired) electrons. The van der Waals surface area contributed by atoms with Gasteiger partial charge in [-0.05, 0) is 18.9 Å². The third-order valence-corrected chi connectivity index (χ3v) is 2.82. The highest BCUT2D eigenvalue weighted by Gasteiger charge is 2.09. The number of aryl methyl sites for hydroxylation is 1. The number of amides is 2. The molecular formula is C15H22N2O2. The van der Waals surface area contributed by atoms with Crippen molar-refractivity contribution in [2.75, 3.05) is 26.2 Å². The Balaban J connectivity index is 2.36. The number of hydrogen-bond donors (Lipinski definition) is 2. The summed E-state index contributed by atoms with van der Waals surface area (Å²) in [6.45, 7) is 6.95. The second-order valence-electron chi connectivity index (χ2n) is 4.43. The van der Waals surface area contributed by atoms with Gasteiger partial charge in [0.25, 0.3) is 0 Å². The molecule has 0 aromatic heterocycles. The third-order valence-electron chi connectivity index (χ3n) is 2.82. The quantitative estimate of drug-likeness (QED) is 0.735. The van der Waals surface area contributed by atoms with Gasteiger partial charge in [-0.15, -0.1) is 6.58 Å². The molecule has 4 nitrogen and oxygen atoms in total. The Bertz CT molecular complexity index is 401. The SMILES string of the molecule is C=CCN(CCO)C(=O)NCCc1ccc(C)cc1. The Labute approximate surface area is 114 Å². The molecule has 1 aromatic carbocycles. The summed E-state index contributed by atoms with van der Waals surface area (Å²) in [7, 11) is 0. The van der Waals surface area contributed by atoms with Crippen LogP contribution in [-0.2, 0) is 6.42 Å². The van der Waals surface area contributed by atoms with Crippen molar-refractivity contribution in [3.63, 3.8) is 0 Å². The first-order valence-electron chi connectivity index (χ1n) is 6.47. The lowest BCUT2D eigenvalue weighted by Crippen LogP contribution is -2.42. The van der Waals surface area contributed by atoms with Crippen molar-refractivity contribution in [2.24, 2.45) is 0 Å². The van der Waals surface area contributed by atoms with Crippen LogP contribution in [0.5, 0.6) is 0 Å². The molecule has 0 bridgehead atoms. The number of hydrogen-bond acceptors (Lipinski definition) is 2. The fourth-order valence-electron chi connectivity index (χ4n) is 1.73. The zero-order valence-electron chi connectivity index (χ0n) is 11.4. The van der Waals surface area contributed by atoms with Gasteiger partial charge in [0.1, 0.15) is 0 Å². The Morgan fingerprint density at radius 2 is 2.11 bits per heavy atom. The van der Waals surface area contributed by atoms with Crippen LogP contribution in [0.15, 0.2) is 36.9 Å². The fourth-order valence-corrected chi connectivity index (χ4v) is 1.73. The molecule has 0 aliphatic rings. The van der Waals surface area contributed by atoms with E-state index in [4.69, 9.17) is 5.11 Å². The third kappa shape index (κ3) is 5.57. The summed E-state index contributed by atoms with van der Waals surface area (Å²) in [6.07, 6.45) is 2.45. The van der Waals surface area contributed by atoms with Gasteiger partial charge in [0, 0.05) is 19.6 Å². The van der Waals surface area contributed by atoms with Crippen molar-refractivity contribution in [2.45, 2.75) is 13.3 Å². The van der Waals surface area contributed by atoms with E-state index >= 15 is 0 Å². The number of benzene rings is 1. The second kappa shape index (κ2) is 8.32. The number of rotatable bonds is 7. The summed E-state index contributed by atoms with van der Waals surface area (Å²) in [5.74, 6) is 0. The Kier molecular flexibility index (Phi) is 6.68. The van der Waals surface area contributed by atoms with E-state index in [1.54, 1.807) is 6.08 Å². The number of nitrogens with zero attached hydrogens (tertiary/aromatic N) is 1. The molecule has 4 heteroatoms. The summed E-state index contributed by atoms with van der Waals surface area (Å²) in [5.41, 5.74) is 2.43. The second-order valence-corrected chi connectivity index (χ2v) is 4.43. The maximum absolute atomic E-state index is 11.8. The lowest BCUT2D eigenvalue weighted by molar-refractivity contribution is 0.184. The van der Waals surface area contributed by atoms with Gasteiger partial charge in [0.05, 0.1) is 6.61 Å². The summed E-state index contributed by atoms with van der Waals surface area (Å²) in [5, 5.41) is 11.7. The minimum absolute atomic E-state index is 0.0424. The fraction of sp³-hybridized carbons (Fsp3) is 0.400. The van der Waals surface area contributed by atoms with Crippen LogP contribution in [0.1, 0.15) is 11.1 Å². The van der Waals surface area contributed by atoms with Crippen LogP contribution in [0, 0.1) is 6.92 Å². The monoisotopic (exact) mass is 262 g/mol. The maximum atomic E-state index is 11.8. The largest absolute Gasteiger partial charge is 0.395 e. The van der Waals surface area contributed by atoms with Crippen molar-refractivity contribution in [3.8, 4) is 0 Å². The Hall–Kier alpha value is -1.81. The molecule has 2 amide bonds. The van der Waals surface area contributed by atoms with E-state index in [1.165, 1.54) is 16.0 Å². The van der Waals surface area contributed by atoms with E-state index in [9.17, 15) is 4.79 Å². The number of aliphatic hydroxyl groups is 1. The highest BCUT2D eigenvalue weighted by atomic mass is 16.3. The van der Waals surface area contributed by atoms with Crippen molar-refractivity contribution in [1.29, 1.82) is 0 Å². The molecule has 0 unspecified atom stereocenters. The van der Waals surface area contributed by atoms with Gasteiger partial charge in [-0.3, -0.25) is 0 Å². The lowest BCUT2D eigenvalue weighted by Gasteiger charge is -2.20. The molecule has 2 N–H and O–H groups in total. The Morgan fingerprint density at radius 1 is 1.42 bits per heavy atom. The minimum atomic E-state index is -0.166. The summed E-state index contributed by atoms with van der Waals surface area (Å²) in [6, 6.07) is 8.09.